The molecule has 134 valence electrons. The molecule has 5 heteroatoms. The number of likely N-dealkylation sites (tertiary alicyclic amines) is 1. The van der Waals surface area contributed by atoms with Crippen LogP contribution in [0.2, 0.25) is 0 Å². The van der Waals surface area contributed by atoms with Gasteiger partial charge < -0.3 is 15.4 Å². The highest BCUT2D eigenvalue weighted by Crippen LogP contribution is 2.35. The van der Waals surface area contributed by atoms with E-state index in [2.05, 4.69) is 42.8 Å². The fourth-order valence-electron chi connectivity index (χ4n) is 3.64. The molecule has 1 aromatic rings. The molecule has 0 saturated carbocycles. The minimum Gasteiger partial charge on any atom is -0.497 e. The molecule has 5 nitrogen and oxygen atoms in total. The lowest BCUT2D eigenvalue weighted by atomic mass is 9.85. The first-order valence-corrected chi connectivity index (χ1v) is 8.99. The van der Waals surface area contributed by atoms with E-state index in [4.69, 9.17) is 15.5 Å². The molecule has 1 aliphatic rings. The predicted octanol–water partition coefficient (Wildman–Crippen LogP) is 2.73. The smallest absolute Gasteiger partial charge is 0.191 e. The Morgan fingerprint density at radius 2 is 1.96 bits per heavy atom. The average molecular weight is 332 g/mol. The Bertz CT molecular complexity index is 525. The van der Waals surface area contributed by atoms with Crippen LogP contribution < -0.4 is 10.5 Å². The third kappa shape index (κ3) is 4.41. The lowest BCUT2D eigenvalue weighted by Crippen LogP contribution is -2.40. The summed E-state index contributed by atoms with van der Waals surface area (Å²) in [5, 5.41) is 0. The van der Waals surface area contributed by atoms with Crippen LogP contribution in [0.4, 0.5) is 0 Å². The minimum absolute atomic E-state index is 0.387. The van der Waals surface area contributed by atoms with Crippen molar-refractivity contribution in [3.8, 4) is 5.75 Å². The van der Waals surface area contributed by atoms with Crippen molar-refractivity contribution in [3.05, 3.63) is 29.8 Å². The zero-order valence-corrected chi connectivity index (χ0v) is 15.5. The molecule has 0 aromatic heterocycles. The number of methoxy groups -OCH3 is 1. The highest BCUT2D eigenvalue weighted by Gasteiger charge is 2.30. The third-order valence-corrected chi connectivity index (χ3v) is 5.04. The van der Waals surface area contributed by atoms with Crippen LogP contribution in [0.5, 0.6) is 5.75 Å². The van der Waals surface area contributed by atoms with E-state index < -0.39 is 0 Å². The van der Waals surface area contributed by atoms with Crippen LogP contribution >= 0.6 is 0 Å². The first-order chi connectivity index (χ1) is 11.6. The molecule has 0 amide bonds. The van der Waals surface area contributed by atoms with Crippen LogP contribution in [-0.4, -0.2) is 56.1 Å². The van der Waals surface area contributed by atoms with Crippen molar-refractivity contribution >= 4 is 5.96 Å². The van der Waals surface area contributed by atoms with Gasteiger partial charge >= 0.3 is 0 Å². The summed E-state index contributed by atoms with van der Waals surface area (Å²) in [5.41, 5.74) is 7.49. The predicted molar refractivity (Wildman–Crippen MR) is 100 cm³/mol. The molecule has 1 aliphatic heterocycles. The van der Waals surface area contributed by atoms with Crippen molar-refractivity contribution in [2.24, 2.45) is 16.6 Å². The van der Waals surface area contributed by atoms with Crippen LogP contribution in [0.3, 0.4) is 0 Å². The molecule has 0 radical (unpaired) electrons. The Morgan fingerprint density at radius 1 is 1.29 bits per heavy atom. The number of nitrogens with zero attached hydrogens (tertiary/aromatic N) is 3. The normalized spacial score (nSPS) is 22.4. The van der Waals surface area contributed by atoms with Gasteiger partial charge in [0.25, 0.3) is 0 Å². The highest BCUT2D eigenvalue weighted by atomic mass is 16.5. The van der Waals surface area contributed by atoms with E-state index in [1.54, 1.807) is 7.11 Å². The second-order valence-electron chi connectivity index (χ2n) is 6.47. The standard InChI is InChI=1S/C19H32N4O/c1-5-23(6-2)19(20)21-14-16-8-7-13-22(3)18(16)15-9-11-17(24-4)12-10-15/h9-12,16,18H,5-8,13-14H2,1-4H3,(H2,20,21)/t16-,18-/m0/s1. The number of aliphatic imine (C=N–C) groups is 1. The van der Waals surface area contributed by atoms with Gasteiger partial charge in [-0.3, -0.25) is 9.89 Å². The summed E-state index contributed by atoms with van der Waals surface area (Å²) in [4.78, 5) is 9.25. The van der Waals surface area contributed by atoms with Gasteiger partial charge in [-0.25, -0.2) is 0 Å². The van der Waals surface area contributed by atoms with E-state index in [0.29, 0.717) is 17.9 Å². The maximum atomic E-state index is 6.16. The fraction of sp³-hybridized carbons (Fsp3) is 0.632. The summed E-state index contributed by atoms with van der Waals surface area (Å²) < 4.78 is 5.28. The average Bonchev–Trinajstić information content (AvgIpc) is 2.61. The van der Waals surface area contributed by atoms with Crippen molar-refractivity contribution in [2.45, 2.75) is 32.7 Å². The number of hydrogen-bond acceptors (Lipinski definition) is 3. The number of nitrogens with two attached hydrogens (primary N) is 1. The molecule has 2 rings (SSSR count). The highest BCUT2D eigenvalue weighted by molar-refractivity contribution is 5.78. The SMILES string of the molecule is CCN(CC)C(N)=NC[C@@H]1CCCN(C)[C@H]1c1ccc(OC)cc1. The Labute approximate surface area is 146 Å². The van der Waals surface area contributed by atoms with Gasteiger partial charge in [-0.15, -0.1) is 0 Å². The molecule has 0 unspecified atom stereocenters. The van der Waals surface area contributed by atoms with Crippen LogP contribution in [0, 0.1) is 5.92 Å². The molecular weight excluding hydrogens is 300 g/mol. The Balaban J connectivity index is 2.14. The summed E-state index contributed by atoms with van der Waals surface area (Å²) in [7, 11) is 3.91. The maximum absolute atomic E-state index is 6.16. The number of benzene rings is 1. The first kappa shape index (κ1) is 18.6. The van der Waals surface area contributed by atoms with Crippen LogP contribution in [0.15, 0.2) is 29.3 Å². The van der Waals surface area contributed by atoms with Gasteiger partial charge in [0.2, 0.25) is 0 Å². The van der Waals surface area contributed by atoms with Crippen molar-refractivity contribution in [1.29, 1.82) is 0 Å². The summed E-state index contributed by atoms with van der Waals surface area (Å²) >= 11 is 0. The van der Waals surface area contributed by atoms with E-state index in [1.165, 1.54) is 18.4 Å². The van der Waals surface area contributed by atoms with Gasteiger partial charge in [-0.2, -0.15) is 0 Å². The van der Waals surface area contributed by atoms with Gasteiger partial charge in [-0.1, -0.05) is 12.1 Å². The largest absolute Gasteiger partial charge is 0.497 e. The third-order valence-electron chi connectivity index (χ3n) is 5.04. The number of ether oxygens (including phenoxy) is 1. The topological polar surface area (TPSA) is 54.1 Å². The summed E-state index contributed by atoms with van der Waals surface area (Å²) in [6.45, 7) is 7.93. The van der Waals surface area contributed by atoms with Gasteiger partial charge in [0.1, 0.15) is 5.75 Å². The van der Waals surface area contributed by atoms with Gasteiger partial charge in [0, 0.05) is 25.7 Å². The molecule has 0 spiro atoms. The van der Waals surface area contributed by atoms with Gasteiger partial charge in [-0.05, 0) is 63.9 Å². The lowest BCUT2D eigenvalue weighted by molar-refractivity contribution is 0.125. The van der Waals surface area contributed by atoms with Crippen molar-refractivity contribution in [1.82, 2.24) is 9.80 Å². The summed E-state index contributed by atoms with van der Waals surface area (Å²) in [5.74, 6) is 2.06. The second kappa shape index (κ2) is 8.92. The lowest BCUT2D eigenvalue weighted by Gasteiger charge is -2.39. The minimum atomic E-state index is 0.387. The molecule has 0 bridgehead atoms. The van der Waals surface area contributed by atoms with E-state index in [-0.39, 0.29) is 0 Å². The van der Waals surface area contributed by atoms with Crippen LogP contribution in [-0.2, 0) is 0 Å². The van der Waals surface area contributed by atoms with Crippen molar-refractivity contribution in [3.63, 3.8) is 0 Å². The van der Waals surface area contributed by atoms with Crippen LogP contribution in [0.1, 0.15) is 38.3 Å². The van der Waals surface area contributed by atoms with Crippen molar-refractivity contribution in [2.75, 3.05) is 40.3 Å². The quantitative estimate of drug-likeness (QED) is 0.643. The molecule has 0 aliphatic carbocycles. The number of piperidine rings is 1. The van der Waals surface area contributed by atoms with E-state index in [0.717, 1.165) is 31.9 Å². The monoisotopic (exact) mass is 332 g/mol. The van der Waals surface area contributed by atoms with E-state index in [1.807, 2.05) is 12.1 Å². The van der Waals surface area contributed by atoms with Gasteiger partial charge in [0.15, 0.2) is 5.96 Å². The molecule has 1 saturated heterocycles. The Kier molecular flexibility index (Phi) is 6.91. The zero-order valence-electron chi connectivity index (χ0n) is 15.5. The van der Waals surface area contributed by atoms with Crippen molar-refractivity contribution < 1.29 is 4.74 Å². The molecule has 1 heterocycles. The Morgan fingerprint density at radius 3 is 2.54 bits per heavy atom. The first-order valence-electron chi connectivity index (χ1n) is 8.99. The molecular formula is C19H32N4O. The number of hydrogen-bond donors (Lipinski definition) is 1. The summed E-state index contributed by atoms with van der Waals surface area (Å²) in [6.07, 6.45) is 2.41. The molecule has 1 aromatic carbocycles. The number of rotatable bonds is 6. The van der Waals surface area contributed by atoms with Gasteiger partial charge in [0.05, 0.1) is 7.11 Å². The second-order valence-corrected chi connectivity index (χ2v) is 6.47. The summed E-state index contributed by atoms with van der Waals surface area (Å²) in [6, 6.07) is 8.83. The molecule has 2 atom stereocenters. The Hall–Kier alpha value is -1.75. The van der Waals surface area contributed by atoms with E-state index >= 15 is 0 Å². The number of guanidine groups is 1. The maximum Gasteiger partial charge on any atom is 0.191 e. The molecule has 1 fully saturated rings. The molecule has 24 heavy (non-hydrogen) atoms. The molecule has 2 N–H and O–H groups in total. The fourth-order valence-corrected chi connectivity index (χ4v) is 3.64. The van der Waals surface area contributed by atoms with E-state index in [9.17, 15) is 0 Å². The van der Waals surface area contributed by atoms with Crippen LogP contribution in [0.25, 0.3) is 0 Å². The zero-order chi connectivity index (χ0) is 17.5.